The van der Waals surface area contributed by atoms with E-state index in [0.29, 0.717) is 16.8 Å². The molecule has 0 aliphatic heterocycles. The zero-order valence-corrected chi connectivity index (χ0v) is 14.7. The van der Waals surface area contributed by atoms with E-state index in [1.54, 1.807) is 31.2 Å². The largest absolute Gasteiger partial charge is 0.462 e. The van der Waals surface area contributed by atoms with Gasteiger partial charge in [-0.15, -0.1) is 0 Å². The summed E-state index contributed by atoms with van der Waals surface area (Å²) in [6.45, 7) is 3.75. The molecule has 3 rings (SSSR count). The van der Waals surface area contributed by atoms with Gasteiger partial charge in [-0.2, -0.15) is 0 Å². The van der Waals surface area contributed by atoms with Gasteiger partial charge in [-0.3, -0.25) is 0 Å². The van der Waals surface area contributed by atoms with Crippen molar-refractivity contribution in [3.05, 3.63) is 77.0 Å². The zero-order valence-electron chi connectivity index (χ0n) is 14.7. The maximum absolute atomic E-state index is 12.4. The summed E-state index contributed by atoms with van der Waals surface area (Å²) < 4.78 is 10.5. The average molecular weight is 349 g/mol. The Bertz CT molecular complexity index is 951. The van der Waals surface area contributed by atoms with E-state index in [0.717, 1.165) is 16.5 Å². The van der Waals surface area contributed by atoms with Crippen molar-refractivity contribution in [2.45, 2.75) is 20.5 Å². The van der Waals surface area contributed by atoms with E-state index in [9.17, 15) is 9.59 Å². The lowest BCUT2D eigenvalue weighted by atomic mass is 10.0. The van der Waals surface area contributed by atoms with Crippen LogP contribution in [0.4, 0.5) is 0 Å². The SMILES string of the molecule is CCOC(=O)c1c(COC(=O)c2ccccc2)nc2ccccc2c1C. The van der Waals surface area contributed by atoms with Crippen molar-refractivity contribution in [2.24, 2.45) is 0 Å². The molecule has 1 aromatic heterocycles. The van der Waals surface area contributed by atoms with Crippen molar-refractivity contribution in [1.29, 1.82) is 0 Å². The Morgan fingerprint density at radius 2 is 1.62 bits per heavy atom. The fraction of sp³-hybridized carbons (Fsp3) is 0.190. The molecule has 0 radical (unpaired) electrons. The van der Waals surface area contributed by atoms with Crippen LogP contribution in [0, 0.1) is 6.92 Å². The van der Waals surface area contributed by atoms with E-state index in [1.165, 1.54) is 0 Å². The minimum atomic E-state index is -0.465. The minimum absolute atomic E-state index is 0.104. The van der Waals surface area contributed by atoms with Crippen LogP contribution in [-0.4, -0.2) is 23.5 Å². The maximum atomic E-state index is 12.4. The summed E-state index contributed by atoms with van der Waals surface area (Å²) in [5.74, 6) is -0.929. The molecule has 0 fully saturated rings. The van der Waals surface area contributed by atoms with Gasteiger partial charge in [0.25, 0.3) is 0 Å². The van der Waals surface area contributed by atoms with Gasteiger partial charge in [0.2, 0.25) is 0 Å². The van der Waals surface area contributed by atoms with Gasteiger partial charge in [-0.05, 0) is 37.6 Å². The van der Waals surface area contributed by atoms with Crippen LogP contribution in [-0.2, 0) is 16.1 Å². The lowest BCUT2D eigenvalue weighted by molar-refractivity contribution is 0.0444. The lowest BCUT2D eigenvalue weighted by Crippen LogP contribution is -2.15. The Kier molecular flexibility index (Phi) is 5.27. The minimum Gasteiger partial charge on any atom is -0.462 e. The second-order valence-electron chi connectivity index (χ2n) is 5.74. The molecule has 0 amide bonds. The quantitative estimate of drug-likeness (QED) is 0.650. The van der Waals surface area contributed by atoms with Crippen molar-refractivity contribution in [3.63, 3.8) is 0 Å². The number of pyridine rings is 1. The number of carbonyl (C=O) groups is 2. The van der Waals surface area contributed by atoms with Gasteiger partial charge in [-0.1, -0.05) is 36.4 Å². The summed E-state index contributed by atoms with van der Waals surface area (Å²) in [6.07, 6.45) is 0. The number of ether oxygens (including phenoxy) is 2. The number of hydrogen-bond donors (Lipinski definition) is 0. The summed E-state index contributed by atoms with van der Waals surface area (Å²) in [4.78, 5) is 29.2. The van der Waals surface area contributed by atoms with Crippen molar-refractivity contribution in [3.8, 4) is 0 Å². The molecule has 0 saturated heterocycles. The number of benzene rings is 2. The van der Waals surface area contributed by atoms with Gasteiger partial charge in [0.1, 0.15) is 6.61 Å². The summed E-state index contributed by atoms with van der Waals surface area (Å²) in [6, 6.07) is 16.2. The number of rotatable bonds is 5. The third-order valence-electron chi connectivity index (χ3n) is 4.06. The first-order chi connectivity index (χ1) is 12.6. The van der Waals surface area contributed by atoms with Crippen LogP contribution < -0.4 is 0 Å². The monoisotopic (exact) mass is 349 g/mol. The molecule has 1 heterocycles. The van der Waals surface area contributed by atoms with E-state index in [4.69, 9.17) is 9.47 Å². The standard InChI is InChI=1S/C21H19NO4/c1-3-25-21(24)19-14(2)16-11-7-8-12-17(16)22-18(19)13-26-20(23)15-9-5-4-6-10-15/h4-12H,3,13H2,1-2H3. The fourth-order valence-corrected chi connectivity index (χ4v) is 2.81. The summed E-state index contributed by atoms with van der Waals surface area (Å²) in [7, 11) is 0. The molecule has 0 spiro atoms. The van der Waals surface area contributed by atoms with Crippen LogP contribution in [0.25, 0.3) is 10.9 Å². The Morgan fingerprint density at radius 1 is 0.923 bits per heavy atom. The molecule has 132 valence electrons. The molecule has 0 atom stereocenters. The molecular formula is C21H19NO4. The van der Waals surface area contributed by atoms with Crippen LogP contribution in [0.15, 0.2) is 54.6 Å². The number of carbonyl (C=O) groups excluding carboxylic acids is 2. The molecule has 3 aromatic rings. The van der Waals surface area contributed by atoms with E-state index in [-0.39, 0.29) is 13.2 Å². The second-order valence-corrected chi connectivity index (χ2v) is 5.74. The van der Waals surface area contributed by atoms with Crippen molar-refractivity contribution < 1.29 is 19.1 Å². The molecule has 0 aliphatic rings. The molecule has 5 nitrogen and oxygen atoms in total. The predicted molar refractivity (Wildman–Crippen MR) is 98.0 cm³/mol. The first-order valence-electron chi connectivity index (χ1n) is 8.39. The number of aromatic nitrogens is 1. The summed E-state index contributed by atoms with van der Waals surface area (Å²) in [5, 5.41) is 0.869. The smallest absolute Gasteiger partial charge is 0.340 e. The van der Waals surface area contributed by atoms with Crippen LogP contribution >= 0.6 is 0 Å². The van der Waals surface area contributed by atoms with E-state index >= 15 is 0 Å². The van der Waals surface area contributed by atoms with Crippen LogP contribution in [0.2, 0.25) is 0 Å². The van der Waals surface area contributed by atoms with E-state index in [2.05, 4.69) is 4.98 Å². The zero-order chi connectivity index (χ0) is 18.5. The number of fused-ring (bicyclic) bond motifs is 1. The lowest BCUT2D eigenvalue weighted by Gasteiger charge is -2.14. The number of hydrogen-bond acceptors (Lipinski definition) is 5. The van der Waals surface area contributed by atoms with Crippen molar-refractivity contribution >= 4 is 22.8 Å². The normalized spacial score (nSPS) is 10.5. The second kappa shape index (κ2) is 7.78. The summed E-state index contributed by atoms with van der Waals surface area (Å²) in [5.41, 5.74) is 2.70. The van der Waals surface area contributed by atoms with E-state index < -0.39 is 11.9 Å². The van der Waals surface area contributed by atoms with Gasteiger partial charge in [0.05, 0.1) is 28.9 Å². The molecule has 26 heavy (non-hydrogen) atoms. The predicted octanol–water partition coefficient (Wildman–Crippen LogP) is 4.08. The molecule has 0 bridgehead atoms. The Hall–Kier alpha value is -3.21. The highest BCUT2D eigenvalue weighted by Gasteiger charge is 2.21. The molecule has 0 N–H and O–H groups in total. The maximum Gasteiger partial charge on any atom is 0.340 e. The molecule has 0 aliphatic carbocycles. The summed E-state index contributed by atoms with van der Waals surface area (Å²) >= 11 is 0. The molecule has 0 unspecified atom stereocenters. The number of nitrogens with zero attached hydrogens (tertiary/aromatic N) is 1. The average Bonchev–Trinajstić information content (AvgIpc) is 2.67. The van der Waals surface area contributed by atoms with Crippen LogP contribution in [0.3, 0.4) is 0 Å². The molecule has 2 aromatic carbocycles. The van der Waals surface area contributed by atoms with Crippen LogP contribution in [0.1, 0.15) is 38.9 Å². The van der Waals surface area contributed by atoms with Gasteiger partial charge < -0.3 is 9.47 Å². The Morgan fingerprint density at radius 3 is 2.35 bits per heavy atom. The Balaban J connectivity index is 1.96. The van der Waals surface area contributed by atoms with Gasteiger partial charge in [0, 0.05) is 5.39 Å². The van der Waals surface area contributed by atoms with Crippen molar-refractivity contribution in [2.75, 3.05) is 6.61 Å². The third-order valence-corrected chi connectivity index (χ3v) is 4.06. The number of para-hydroxylation sites is 1. The van der Waals surface area contributed by atoms with Crippen molar-refractivity contribution in [1.82, 2.24) is 4.98 Å². The fourth-order valence-electron chi connectivity index (χ4n) is 2.81. The highest BCUT2D eigenvalue weighted by Crippen LogP contribution is 2.24. The van der Waals surface area contributed by atoms with Gasteiger partial charge in [0.15, 0.2) is 0 Å². The topological polar surface area (TPSA) is 65.5 Å². The molecular weight excluding hydrogens is 330 g/mol. The number of aryl methyl sites for hydroxylation is 1. The first kappa shape index (κ1) is 17.6. The number of esters is 2. The Labute approximate surface area is 151 Å². The van der Waals surface area contributed by atoms with E-state index in [1.807, 2.05) is 37.3 Å². The highest BCUT2D eigenvalue weighted by molar-refractivity contribution is 5.98. The van der Waals surface area contributed by atoms with Gasteiger partial charge in [-0.25, -0.2) is 14.6 Å². The molecule has 0 saturated carbocycles. The van der Waals surface area contributed by atoms with Gasteiger partial charge >= 0.3 is 11.9 Å². The van der Waals surface area contributed by atoms with Crippen LogP contribution in [0.5, 0.6) is 0 Å². The third kappa shape index (κ3) is 3.57. The first-order valence-corrected chi connectivity index (χ1v) is 8.39. The molecule has 5 heteroatoms. The highest BCUT2D eigenvalue weighted by atomic mass is 16.5.